The fraction of sp³-hybridized carbons (Fsp3) is 0.312. The van der Waals surface area contributed by atoms with Gasteiger partial charge >= 0.3 is 0 Å². The number of aryl methyl sites for hydroxylation is 1. The van der Waals surface area contributed by atoms with Crippen LogP contribution >= 0.6 is 23.1 Å². The number of nitrogens with one attached hydrogen (secondary N) is 1. The fourth-order valence-corrected chi connectivity index (χ4v) is 4.26. The number of nitrogens with two attached hydrogens (primary N) is 1. The van der Waals surface area contributed by atoms with Crippen LogP contribution in [-0.2, 0) is 4.79 Å². The molecule has 2 aromatic rings. The number of hydrogen-bond donors (Lipinski definition) is 2. The number of thioether (sulfide) groups is 1. The van der Waals surface area contributed by atoms with Crippen LogP contribution in [0.4, 0.5) is 5.69 Å². The Kier molecular flexibility index (Phi) is 5.45. The monoisotopic (exact) mass is 320 g/mol. The SMILES string of the molecule is CC(=O)Nc1ccc(SC(c2ccc(C)s2)C(C)N)cc1. The van der Waals surface area contributed by atoms with E-state index in [1.54, 1.807) is 23.1 Å². The molecule has 0 radical (unpaired) electrons. The van der Waals surface area contributed by atoms with Crippen LogP contribution in [0.15, 0.2) is 41.3 Å². The molecule has 0 aliphatic carbocycles. The molecule has 21 heavy (non-hydrogen) atoms. The third kappa shape index (κ3) is 4.59. The van der Waals surface area contributed by atoms with Crippen LogP contribution in [0, 0.1) is 6.92 Å². The Hall–Kier alpha value is -1.30. The van der Waals surface area contributed by atoms with E-state index in [4.69, 9.17) is 5.73 Å². The summed E-state index contributed by atoms with van der Waals surface area (Å²) in [6.07, 6.45) is 0. The smallest absolute Gasteiger partial charge is 0.221 e. The summed E-state index contributed by atoms with van der Waals surface area (Å²) in [6.45, 7) is 5.66. The van der Waals surface area contributed by atoms with Gasteiger partial charge in [0.15, 0.2) is 0 Å². The van der Waals surface area contributed by atoms with Crippen molar-refractivity contribution >= 4 is 34.7 Å². The lowest BCUT2D eigenvalue weighted by Crippen LogP contribution is -2.21. The second-order valence-electron chi connectivity index (χ2n) is 5.05. The molecule has 0 saturated heterocycles. The lowest BCUT2D eigenvalue weighted by atomic mass is 10.2. The van der Waals surface area contributed by atoms with Crippen LogP contribution in [0.5, 0.6) is 0 Å². The molecule has 2 rings (SSSR count). The highest BCUT2D eigenvalue weighted by Crippen LogP contribution is 2.40. The van der Waals surface area contributed by atoms with Crippen molar-refractivity contribution in [1.82, 2.24) is 0 Å². The minimum Gasteiger partial charge on any atom is -0.327 e. The van der Waals surface area contributed by atoms with Crippen molar-refractivity contribution < 1.29 is 4.79 Å². The average Bonchev–Trinajstić information content (AvgIpc) is 2.83. The summed E-state index contributed by atoms with van der Waals surface area (Å²) in [6, 6.07) is 12.2. The Bertz CT molecular complexity index is 605. The van der Waals surface area contributed by atoms with E-state index < -0.39 is 0 Å². The number of anilines is 1. The van der Waals surface area contributed by atoms with E-state index >= 15 is 0 Å². The molecule has 3 N–H and O–H groups in total. The highest BCUT2D eigenvalue weighted by molar-refractivity contribution is 7.99. The van der Waals surface area contributed by atoms with Crippen molar-refractivity contribution in [2.45, 2.75) is 37.0 Å². The molecule has 1 amide bonds. The fourth-order valence-electron chi connectivity index (χ4n) is 2.00. The molecule has 0 bridgehead atoms. The lowest BCUT2D eigenvalue weighted by molar-refractivity contribution is -0.114. The van der Waals surface area contributed by atoms with Crippen LogP contribution in [0.25, 0.3) is 0 Å². The lowest BCUT2D eigenvalue weighted by Gasteiger charge is -2.19. The van der Waals surface area contributed by atoms with E-state index in [0.29, 0.717) is 0 Å². The van der Waals surface area contributed by atoms with E-state index in [1.165, 1.54) is 16.7 Å². The van der Waals surface area contributed by atoms with Crippen LogP contribution in [0.1, 0.15) is 28.9 Å². The summed E-state index contributed by atoms with van der Waals surface area (Å²) in [5.41, 5.74) is 6.97. The third-order valence-electron chi connectivity index (χ3n) is 2.96. The standard InChI is InChI=1S/C16H20N2OS2/c1-10-4-9-15(20-10)16(11(2)17)21-14-7-5-13(6-8-14)18-12(3)19/h4-9,11,16H,17H2,1-3H3,(H,18,19). The van der Waals surface area contributed by atoms with Gasteiger partial charge in [-0.2, -0.15) is 0 Å². The molecule has 0 aliphatic heterocycles. The van der Waals surface area contributed by atoms with Crippen molar-refractivity contribution in [3.05, 3.63) is 46.2 Å². The number of carbonyl (C=O) groups is 1. The molecule has 0 saturated carbocycles. The zero-order valence-corrected chi connectivity index (χ0v) is 14.1. The van der Waals surface area contributed by atoms with Gasteiger partial charge in [-0.05, 0) is 50.2 Å². The van der Waals surface area contributed by atoms with Gasteiger partial charge in [0.2, 0.25) is 5.91 Å². The van der Waals surface area contributed by atoms with Crippen molar-refractivity contribution in [3.63, 3.8) is 0 Å². The molecule has 5 heteroatoms. The summed E-state index contributed by atoms with van der Waals surface area (Å²) in [5.74, 6) is -0.0575. The Labute approximate surface area is 133 Å². The number of carbonyl (C=O) groups excluding carboxylic acids is 1. The highest BCUT2D eigenvalue weighted by Gasteiger charge is 2.19. The van der Waals surface area contributed by atoms with Gasteiger partial charge in [0.25, 0.3) is 0 Å². The minimum atomic E-state index is -0.0575. The average molecular weight is 320 g/mol. The van der Waals surface area contributed by atoms with E-state index in [9.17, 15) is 4.79 Å². The molecular weight excluding hydrogens is 300 g/mol. The Morgan fingerprint density at radius 3 is 2.38 bits per heavy atom. The normalized spacial score (nSPS) is 13.7. The minimum absolute atomic E-state index is 0.0575. The van der Waals surface area contributed by atoms with Crippen molar-refractivity contribution in [1.29, 1.82) is 0 Å². The zero-order chi connectivity index (χ0) is 15.4. The number of amides is 1. The zero-order valence-electron chi connectivity index (χ0n) is 12.4. The third-order valence-corrected chi connectivity index (χ3v) is 5.67. The van der Waals surface area contributed by atoms with Gasteiger partial charge < -0.3 is 11.1 Å². The number of hydrogen-bond acceptors (Lipinski definition) is 4. The largest absolute Gasteiger partial charge is 0.327 e. The number of rotatable bonds is 5. The molecule has 2 atom stereocenters. The topological polar surface area (TPSA) is 55.1 Å². The maximum Gasteiger partial charge on any atom is 0.221 e. The van der Waals surface area contributed by atoms with Gasteiger partial charge in [-0.3, -0.25) is 4.79 Å². The van der Waals surface area contributed by atoms with Crippen LogP contribution in [0.2, 0.25) is 0 Å². The van der Waals surface area contributed by atoms with Gasteiger partial charge in [0, 0.05) is 33.3 Å². The molecule has 3 nitrogen and oxygen atoms in total. The molecule has 1 heterocycles. The summed E-state index contributed by atoms with van der Waals surface area (Å²) < 4.78 is 0. The predicted molar refractivity (Wildman–Crippen MR) is 92.0 cm³/mol. The van der Waals surface area contributed by atoms with Gasteiger partial charge in [-0.25, -0.2) is 0 Å². The molecule has 0 aliphatic rings. The van der Waals surface area contributed by atoms with Crippen LogP contribution in [0.3, 0.4) is 0 Å². The van der Waals surface area contributed by atoms with Crippen LogP contribution < -0.4 is 11.1 Å². The number of thiophene rings is 1. The Morgan fingerprint density at radius 2 is 1.90 bits per heavy atom. The van der Waals surface area contributed by atoms with E-state index in [-0.39, 0.29) is 17.2 Å². The first-order chi connectivity index (χ1) is 9.95. The summed E-state index contributed by atoms with van der Waals surface area (Å²) in [5, 5.41) is 3.02. The second kappa shape index (κ2) is 7.11. The summed E-state index contributed by atoms with van der Waals surface area (Å²) in [4.78, 5) is 14.8. The van der Waals surface area contributed by atoms with Gasteiger partial charge in [0.1, 0.15) is 0 Å². The highest BCUT2D eigenvalue weighted by atomic mass is 32.2. The first kappa shape index (κ1) is 16.1. The predicted octanol–water partition coefficient (Wildman–Crippen LogP) is 4.20. The van der Waals surface area contributed by atoms with Crippen molar-refractivity contribution in [2.75, 3.05) is 5.32 Å². The maximum absolute atomic E-state index is 11.0. The molecule has 1 aromatic heterocycles. The van der Waals surface area contributed by atoms with Crippen molar-refractivity contribution in [3.8, 4) is 0 Å². The van der Waals surface area contributed by atoms with Gasteiger partial charge in [0.05, 0.1) is 5.25 Å². The molecule has 0 fully saturated rings. The summed E-state index contributed by atoms with van der Waals surface area (Å²) in [7, 11) is 0. The van der Waals surface area contributed by atoms with E-state index in [2.05, 4.69) is 24.4 Å². The Morgan fingerprint density at radius 1 is 1.24 bits per heavy atom. The number of benzene rings is 1. The molecule has 112 valence electrons. The first-order valence-electron chi connectivity index (χ1n) is 6.82. The molecule has 2 unspecified atom stereocenters. The molecule has 0 spiro atoms. The molecule has 1 aromatic carbocycles. The maximum atomic E-state index is 11.0. The first-order valence-corrected chi connectivity index (χ1v) is 8.51. The van der Waals surface area contributed by atoms with Gasteiger partial charge in [-0.15, -0.1) is 23.1 Å². The van der Waals surface area contributed by atoms with Crippen LogP contribution in [-0.4, -0.2) is 11.9 Å². The van der Waals surface area contributed by atoms with Gasteiger partial charge in [-0.1, -0.05) is 0 Å². The molecular formula is C16H20N2OS2. The summed E-state index contributed by atoms with van der Waals surface area (Å²) >= 11 is 3.56. The van der Waals surface area contributed by atoms with E-state index in [1.807, 2.05) is 31.2 Å². The quantitative estimate of drug-likeness (QED) is 0.812. The van der Waals surface area contributed by atoms with Crippen molar-refractivity contribution in [2.24, 2.45) is 5.73 Å². The Balaban J connectivity index is 2.12. The second-order valence-corrected chi connectivity index (χ2v) is 7.59. The van der Waals surface area contributed by atoms with E-state index in [0.717, 1.165) is 10.6 Å².